The highest BCUT2D eigenvalue weighted by atomic mass is 16.5. The van der Waals surface area contributed by atoms with E-state index in [-0.39, 0.29) is 6.04 Å². The zero-order valence-electron chi connectivity index (χ0n) is 8.96. The van der Waals surface area contributed by atoms with Gasteiger partial charge in [0.05, 0.1) is 12.7 Å². The summed E-state index contributed by atoms with van der Waals surface area (Å²) in [6.07, 6.45) is 7.04. The largest absolute Gasteiger partial charge is 0.377 e. The van der Waals surface area contributed by atoms with Gasteiger partial charge in [0, 0.05) is 6.04 Å². The number of nitrogens with two attached hydrogens (primary N) is 1. The van der Waals surface area contributed by atoms with Crippen LogP contribution in [-0.2, 0) is 4.74 Å². The second-order valence-electron chi connectivity index (χ2n) is 4.50. The molecule has 0 spiro atoms. The average Bonchev–Trinajstić information content (AvgIpc) is 2.15. The van der Waals surface area contributed by atoms with Gasteiger partial charge >= 0.3 is 0 Å². The first-order valence-corrected chi connectivity index (χ1v) is 5.57. The van der Waals surface area contributed by atoms with Crippen molar-refractivity contribution in [1.29, 1.82) is 0 Å². The molecular weight excluding hydrogens is 162 g/mol. The molecule has 1 atom stereocenters. The van der Waals surface area contributed by atoms with E-state index in [4.69, 9.17) is 10.5 Å². The van der Waals surface area contributed by atoms with Gasteiger partial charge in [0.25, 0.3) is 0 Å². The van der Waals surface area contributed by atoms with Crippen molar-refractivity contribution >= 4 is 0 Å². The van der Waals surface area contributed by atoms with Gasteiger partial charge in [-0.2, -0.15) is 0 Å². The zero-order chi connectivity index (χ0) is 9.68. The van der Waals surface area contributed by atoms with Gasteiger partial charge in [0.2, 0.25) is 0 Å². The molecular formula is C11H23NO. The summed E-state index contributed by atoms with van der Waals surface area (Å²) in [7, 11) is 0. The number of hydrogen-bond acceptors (Lipinski definition) is 2. The van der Waals surface area contributed by atoms with E-state index in [1.165, 1.54) is 32.1 Å². The fraction of sp³-hybridized carbons (Fsp3) is 1.00. The Labute approximate surface area is 81.8 Å². The van der Waals surface area contributed by atoms with Gasteiger partial charge in [-0.25, -0.2) is 0 Å². The standard InChI is InChI=1S/C11H23NO/c1-9(2)11(12)8-13-10-6-4-3-5-7-10/h9-11H,3-8,12H2,1-2H3. The van der Waals surface area contributed by atoms with E-state index in [9.17, 15) is 0 Å². The Hall–Kier alpha value is -0.0800. The molecule has 0 radical (unpaired) electrons. The van der Waals surface area contributed by atoms with Gasteiger partial charge in [0.1, 0.15) is 0 Å². The van der Waals surface area contributed by atoms with Crippen LogP contribution < -0.4 is 5.73 Å². The molecule has 0 aromatic carbocycles. The van der Waals surface area contributed by atoms with Crippen LogP contribution in [0.3, 0.4) is 0 Å². The van der Waals surface area contributed by atoms with Crippen molar-refractivity contribution in [3.63, 3.8) is 0 Å². The molecule has 0 heterocycles. The molecule has 1 unspecified atom stereocenters. The summed E-state index contributed by atoms with van der Waals surface area (Å²) in [5, 5.41) is 0. The predicted octanol–water partition coefficient (Wildman–Crippen LogP) is 2.32. The lowest BCUT2D eigenvalue weighted by atomic mass is 9.97. The number of rotatable bonds is 4. The Kier molecular flexibility index (Phi) is 4.74. The van der Waals surface area contributed by atoms with Crippen molar-refractivity contribution in [2.45, 2.75) is 58.1 Å². The van der Waals surface area contributed by atoms with Gasteiger partial charge in [-0.05, 0) is 18.8 Å². The summed E-state index contributed by atoms with van der Waals surface area (Å²) < 4.78 is 5.78. The molecule has 0 bridgehead atoms. The summed E-state index contributed by atoms with van der Waals surface area (Å²) in [5.74, 6) is 0.531. The smallest absolute Gasteiger partial charge is 0.0623 e. The molecule has 0 aromatic rings. The maximum absolute atomic E-state index is 5.91. The lowest BCUT2D eigenvalue weighted by molar-refractivity contribution is 0.0153. The molecule has 1 rings (SSSR count). The monoisotopic (exact) mass is 185 g/mol. The molecule has 13 heavy (non-hydrogen) atoms. The topological polar surface area (TPSA) is 35.2 Å². The van der Waals surface area contributed by atoms with Crippen molar-refractivity contribution in [3.8, 4) is 0 Å². The Balaban J connectivity index is 2.10. The zero-order valence-corrected chi connectivity index (χ0v) is 8.96. The van der Waals surface area contributed by atoms with Gasteiger partial charge in [-0.3, -0.25) is 0 Å². The van der Waals surface area contributed by atoms with Crippen molar-refractivity contribution < 1.29 is 4.74 Å². The predicted molar refractivity (Wildman–Crippen MR) is 55.6 cm³/mol. The van der Waals surface area contributed by atoms with Gasteiger partial charge in [0.15, 0.2) is 0 Å². The van der Waals surface area contributed by atoms with E-state index in [2.05, 4.69) is 13.8 Å². The Morgan fingerprint density at radius 2 is 1.85 bits per heavy atom. The second kappa shape index (κ2) is 5.61. The third kappa shape index (κ3) is 4.10. The van der Waals surface area contributed by atoms with Crippen LogP contribution >= 0.6 is 0 Å². The van der Waals surface area contributed by atoms with Crippen molar-refractivity contribution in [1.82, 2.24) is 0 Å². The summed E-state index contributed by atoms with van der Waals surface area (Å²) in [5.41, 5.74) is 5.91. The SMILES string of the molecule is CC(C)C(N)COC1CCCCC1. The lowest BCUT2D eigenvalue weighted by Crippen LogP contribution is -2.34. The van der Waals surface area contributed by atoms with Crippen molar-refractivity contribution in [3.05, 3.63) is 0 Å². The fourth-order valence-corrected chi connectivity index (χ4v) is 1.67. The van der Waals surface area contributed by atoms with Crippen LogP contribution in [0.2, 0.25) is 0 Å². The molecule has 0 aliphatic heterocycles. The third-order valence-corrected chi connectivity index (χ3v) is 2.93. The molecule has 2 N–H and O–H groups in total. The summed E-state index contributed by atoms with van der Waals surface area (Å²) in [4.78, 5) is 0. The van der Waals surface area contributed by atoms with Gasteiger partial charge in [-0.15, -0.1) is 0 Å². The summed E-state index contributed by atoms with van der Waals surface area (Å²) >= 11 is 0. The molecule has 0 aromatic heterocycles. The maximum Gasteiger partial charge on any atom is 0.0623 e. The normalized spacial score (nSPS) is 22.2. The first-order valence-electron chi connectivity index (χ1n) is 5.57. The van der Waals surface area contributed by atoms with Crippen LogP contribution in [0.1, 0.15) is 46.0 Å². The molecule has 78 valence electrons. The molecule has 1 saturated carbocycles. The summed E-state index contributed by atoms with van der Waals surface area (Å²) in [6, 6.07) is 0.210. The number of hydrogen-bond donors (Lipinski definition) is 1. The van der Waals surface area contributed by atoms with E-state index < -0.39 is 0 Å². The van der Waals surface area contributed by atoms with Crippen molar-refractivity contribution in [2.75, 3.05) is 6.61 Å². The summed E-state index contributed by atoms with van der Waals surface area (Å²) in [6.45, 7) is 5.03. The van der Waals surface area contributed by atoms with Gasteiger partial charge in [-0.1, -0.05) is 33.1 Å². The van der Waals surface area contributed by atoms with Crippen LogP contribution in [0.25, 0.3) is 0 Å². The van der Waals surface area contributed by atoms with Crippen molar-refractivity contribution in [2.24, 2.45) is 11.7 Å². The lowest BCUT2D eigenvalue weighted by Gasteiger charge is -2.24. The Morgan fingerprint density at radius 3 is 2.38 bits per heavy atom. The van der Waals surface area contributed by atoms with E-state index >= 15 is 0 Å². The van der Waals surface area contributed by atoms with Crippen LogP contribution in [0, 0.1) is 5.92 Å². The van der Waals surface area contributed by atoms with Gasteiger partial charge < -0.3 is 10.5 Å². The second-order valence-corrected chi connectivity index (χ2v) is 4.50. The van der Waals surface area contributed by atoms with E-state index in [1.807, 2.05) is 0 Å². The van der Waals surface area contributed by atoms with Crippen LogP contribution in [0.5, 0.6) is 0 Å². The third-order valence-electron chi connectivity index (χ3n) is 2.93. The molecule has 0 saturated heterocycles. The molecule has 2 heteroatoms. The molecule has 1 aliphatic rings. The molecule has 2 nitrogen and oxygen atoms in total. The quantitative estimate of drug-likeness (QED) is 0.729. The highest BCUT2D eigenvalue weighted by Crippen LogP contribution is 2.20. The van der Waals surface area contributed by atoms with Crippen LogP contribution in [0.15, 0.2) is 0 Å². The first-order chi connectivity index (χ1) is 6.20. The van der Waals surface area contributed by atoms with E-state index in [0.717, 1.165) is 6.61 Å². The molecule has 0 amide bonds. The minimum absolute atomic E-state index is 0.210. The highest BCUT2D eigenvalue weighted by molar-refractivity contribution is 4.69. The molecule has 1 fully saturated rings. The minimum Gasteiger partial charge on any atom is -0.377 e. The minimum atomic E-state index is 0.210. The highest BCUT2D eigenvalue weighted by Gasteiger charge is 2.15. The fourth-order valence-electron chi connectivity index (χ4n) is 1.67. The van der Waals surface area contributed by atoms with E-state index in [0.29, 0.717) is 12.0 Å². The molecule has 1 aliphatic carbocycles. The first kappa shape index (κ1) is 11.0. The average molecular weight is 185 g/mol. The maximum atomic E-state index is 5.91. The Morgan fingerprint density at radius 1 is 1.23 bits per heavy atom. The van der Waals surface area contributed by atoms with Crippen LogP contribution in [-0.4, -0.2) is 18.8 Å². The van der Waals surface area contributed by atoms with Crippen LogP contribution in [0.4, 0.5) is 0 Å². The van der Waals surface area contributed by atoms with E-state index in [1.54, 1.807) is 0 Å². The number of ether oxygens (including phenoxy) is 1. The Bertz CT molecular complexity index is 130.